The summed E-state index contributed by atoms with van der Waals surface area (Å²) >= 11 is 5.27. The molecule has 98 valence electrons. The highest BCUT2D eigenvalue weighted by Crippen LogP contribution is 2.30. The summed E-state index contributed by atoms with van der Waals surface area (Å²) < 4.78 is 5.45. The van der Waals surface area contributed by atoms with Gasteiger partial charge in [-0.2, -0.15) is 0 Å². The summed E-state index contributed by atoms with van der Waals surface area (Å²) in [7, 11) is 0. The number of thiocarbonyl (C=S) groups is 1. The number of H-pyrrole nitrogens is 1. The smallest absolute Gasteiger partial charge is 0.208 e. The predicted molar refractivity (Wildman–Crippen MR) is 85.1 cm³/mol. The maximum absolute atomic E-state index is 5.45. The minimum absolute atomic E-state index is 0.587. The van der Waals surface area contributed by atoms with E-state index in [-0.39, 0.29) is 0 Å². The van der Waals surface area contributed by atoms with Crippen LogP contribution in [0.15, 0.2) is 48.5 Å². The molecule has 0 spiro atoms. The van der Waals surface area contributed by atoms with Crippen LogP contribution < -0.4 is 0 Å². The van der Waals surface area contributed by atoms with Gasteiger partial charge in [0.05, 0.1) is 12.3 Å². The lowest BCUT2D eigenvalue weighted by Gasteiger charge is -2.14. The third-order valence-electron chi connectivity index (χ3n) is 3.80. The fourth-order valence-corrected chi connectivity index (χ4v) is 3.07. The molecule has 2 nitrogen and oxygen atoms in total. The van der Waals surface area contributed by atoms with Gasteiger partial charge in [-0.3, -0.25) is 0 Å². The Kier molecular flexibility index (Phi) is 2.60. The molecule has 1 N–H and O–H groups in total. The number of hydrogen-bond donors (Lipinski definition) is 1. The van der Waals surface area contributed by atoms with Crippen LogP contribution >= 0.6 is 12.2 Å². The van der Waals surface area contributed by atoms with E-state index in [0.717, 1.165) is 17.6 Å². The fraction of sp³-hybridized carbons (Fsp3) is 0.118. The van der Waals surface area contributed by atoms with E-state index in [0.29, 0.717) is 11.7 Å². The van der Waals surface area contributed by atoms with E-state index in [1.165, 1.54) is 22.1 Å². The Morgan fingerprint density at radius 2 is 1.85 bits per heavy atom. The van der Waals surface area contributed by atoms with Crippen LogP contribution in [0.2, 0.25) is 0 Å². The van der Waals surface area contributed by atoms with Crippen molar-refractivity contribution in [2.24, 2.45) is 0 Å². The molecule has 1 aliphatic heterocycles. The van der Waals surface area contributed by atoms with Gasteiger partial charge in [0.1, 0.15) is 0 Å². The van der Waals surface area contributed by atoms with E-state index in [9.17, 15) is 0 Å². The molecular weight excluding hydrogens is 266 g/mol. The van der Waals surface area contributed by atoms with Crippen LogP contribution in [0.1, 0.15) is 11.3 Å². The maximum Gasteiger partial charge on any atom is 0.208 e. The monoisotopic (exact) mass is 279 g/mol. The van der Waals surface area contributed by atoms with Crippen molar-refractivity contribution in [1.29, 1.82) is 0 Å². The van der Waals surface area contributed by atoms with E-state index in [2.05, 4.69) is 47.4 Å². The lowest BCUT2D eigenvalue weighted by atomic mass is 10.0. The molecule has 0 amide bonds. The Hall–Kier alpha value is -2.13. The highest BCUT2D eigenvalue weighted by Gasteiger charge is 2.20. The van der Waals surface area contributed by atoms with Gasteiger partial charge in [-0.25, -0.2) is 0 Å². The zero-order chi connectivity index (χ0) is 13.5. The van der Waals surface area contributed by atoms with Gasteiger partial charge in [0.2, 0.25) is 5.05 Å². The number of aromatic amines is 1. The SMILES string of the molecule is S=C1OCCc2c1[nH]c1ccc(-c3ccccc3)cc21. The van der Waals surface area contributed by atoms with Crippen molar-refractivity contribution in [2.45, 2.75) is 6.42 Å². The first kappa shape index (κ1) is 11.7. The zero-order valence-corrected chi connectivity index (χ0v) is 11.7. The molecule has 0 bridgehead atoms. The Bertz CT molecular complexity index is 804. The average Bonchev–Trinajstić information content (AvgIpc) is 2.88. The van der Waals surface area contributed by atoms with E-state index in [1.807, 2.05) is 6.07 Å². The van der Waals surface area contributed by atoms with Crippen molar-refractivity contribution in [2.75, 3.05) is 6.61 Å². The van der Waals surface area contributed by atoms with Gasteiger partial charge in [0, 0.05) is 17.3 Å². The van der Waals surface area contributed by atoms with Crippen molar-refractivity contribution < 1.29 is 4.74 Å². The molecule has 0 radical (unpaired) electrons. The summed E-state index contributed by atoms with van der Waals surface area (Å²) in [4.78, 5) is 3.38. The molecule has 0 saturated heterocycles. The fourth-order valence-electron chi connectivity index (χ4n) is 2.81. The predicted octanol–water partition coefficient (Wildman–Crippen LogP) is 4.08. The van der Waals surface area contributed by atoms with Crippen LogP contribution in [0.3, 0.4) is 0 Å². The highest BCUT2D eigenvalue weighted by atomic mass is 32.1. The lowest BCUT2D eigenvalue weighted by molar-refractivity contribution is 0.308. The Balaban J connectivity index is 1.93. The van der Waals surface area contributed by atoms with Gasteiger partial charge in [0.25, 0.3) is 0 Å². The first-order valence-electron chi connectivity index (χ1n) is 6.70. The summed E-state index contributed by atoms with van der Waals surface area (Å²) in [5.41, 5.74) is 5.86. The van der Waals surface area contributed by atoms with Gasteiger partial charge in [0.15, 0.2) is 0 Å². The third-order valence-corrected chi connectivity index (χ3v) is 4.12. The molecule has 0 atom stereocenters. The zero-order valence-electron chi connectivity index (χ0n) is 10.8. The van der Waals surface area contributed by atoms with Crippen LogP contribution in [0.5, 0.6) is 0 Å². The number of ether oxygens (including phenoxy) is 1. The molecule has 3 heteroatoms. The molecular formula is C17H13NOS. The van der Waals surface area contributed by atoms with E-state index >= 15 is 0 Å². The van der Waals surface area contributed by atoms with E-state index in [4.69, 9.17) is 17.0 Å². The largest absolute Gasteiger partial charge is 0.481 e. The van der Waals surface area contributed by atoms with E-state index in [1.54, 1.807) is 0 Å². The molecule has 20 heavy (non-hydrogen) atoms. The number of benzene rings is 2. The van der Waals surface area contributed by atoms with Crippen LogP contribution in [0, 0.1) is 0 Å². The standard InChI is InChI=1S/C17H13NOS/c20-17-16-13(8-9-19-17)14-10-12(6-7-15(14)18-16)11-4-2-1-3-5-11/h1-7,10,18H,8-9H2. The highest BCUT2D eigenvalue weighted by molar-refractivity contribution is 7.80. The minimum Gasteiger partial charge on any atom is -0.481 e. The molecule has 1 aliphatic rings. The molecule has 0 fully saturated rings. The Morgan fingerprint density at radius 1 is 1.00 bits per heavy atom. The maximum atomic E-state index is 5.45. The topological polar surface area (TPSA) is 25.0 Å². The van der Waals surface area contributed by atoms with Crippen molar-refractivity contribution in [3.05, 3.63) is 59.8 Å². The average molecular weight is 279 g/mol. The van der Waals surface area contributed by atoms with Gasteiger partial charge >= 0.3 is 0 Å². The van der Waals surface area contributed by atoms with Crippen molar-refractivity contribution >= 4 is 28.2 Å². The van der Waals surface area contributed by atoms with Gasteiger partial charge in [-0.1, -0.05) is 36.4 Å². The second-order valence-corrected chi connectivity index (χ2v) is 5.36. The van der Waals surface area contributed by atoms with Crippen molar-refractivity contribution in [3.8, 4) is 11.1 Å². The van der Waals surface area contributed by atoms with Gasteiger partial charge < -0.3 is 9.72 Å². The number of rotatable bonds is 1. The second kappa shape index (κ2) is 4.46. The summed E-state index contributed by atoms with van der Waals surface area (Å²) in [6.07, 6.45) is 0.910. The third kappa shape index (κ3) is 1.74. The number of hydrogen-bond acceptors (Lipinski definition) is 2. The molecule has 4 rings (SSSR count). The first-order chi connectivity index (χ1) is 9.83. The number of nitrogens with one attached hydrogen (secondary N) is 1. The Morgan fingerprint density at radius 3 is 2.70 bits per heavy atom. The molecule has 2 aromatic carbocycles. The molecule has 3 aromatic rings. The number of aromatic nitrogens is 1. The second-order valence-electron chi connectivity index (χ2n) is 4.99. The molecule has 0 unspecified atom stereocenters. The summed E-state index contributed by atoms with van der Waals surface area (Å²) in [5.74, 6) is 0. The van der Waals surface area contributed by atoms with Gasteiger partial charge in [-0.05, 0) is 41.0 Å². The molecule has 1 aromatic heterocycles. The van der Waals surface area contributed by atoms with Crippen LogP contribution in [-0.2, 0) is 11.2 Å². The van der Waals surface area contributed by atoms with Crippen LogP contribution in [-0.4, -0.2) is 16.6 Å². The molecule has 0 aliphatic carbocycles. The minimum atomic E-state index is 0.587. The molecule has 0 saturated carbocycles. The first-order valence-corrected chi connectivity index (χ1v) is 7.11. The van der Waals surface area contributed by atoms with Crippen molar-refractivity contribution in [3.63, 3.8) is 0 Å². The Labute approximate surface area is 122 Å². The van der Waals surface area contributed by atoms with Gasteiger partial charge in [-0.15, -0.1) is 0 Å². The van der Waals surface area contributed by atoms with Crippen LogP contribution in [0.4, 0.5) is 0 Å². The number of fused-ring (bicyclic) bond motifs is 3. The summed E-state index contributed by atoms with van der Waals surface area (Å²) in [6, 6.07) is 16.9. The lowest BCUT2D eigenvalue weighted by Crippen LogP contribution is -2.15. The quantitative estimate of drug-likeness (QED) is 0.679. The normalized spacial score (nSPS) is 14.1. The van der Waals surface area contributed by atoms with Crippen molar-refractivity contribution in [1.82, 2.24) is 4.98 Å². The van der Waals surface area contributed by atoms with Crippen LogP contribution in [0.25, 0.3) is 22.0 Å². The summed E-state index contributed by atoms with van der Waals surface area (Å²) in [5, 5.41) is 1.84. The summed E-state index contributed by atoms with van der Waals surface area (Å²) in [6.45, 7) is 0.675. The van der Waals surface area contributed by atoms with E-state index < -0.39 is 0 Å². The molecule has 2 heterocycles.